The van der Waals surface area contributed by atoms with Crippen molar-refractivity contribution in [3.05, 3.63) is 42.2 Å². The first-order valence-electron chi connectivity index (χ1n) is 5.12. The summed E-state index contributed by atoms with van der Waals surface area (Å²) in [6.07, 6.45) is 1.30. The van der Waals surface area contributed by atoms with Crippen molar-refractivity contribution in [2.24, 2.45) is 0 Å². The smallest absolute Gasteiger partial charge is 0.143 e. The highest BCUT2D eigenvalue weighted by molar-refractivity contribution is 8.00. The highest BCUT2D eigenvalue weighted by Gasteiger charge is 2.03. The standard InChI is InChI=1S/C13H15FOS/c1-10(2)3-6-12(15)9-16-13-7-4-11(14)5-8-13/h4-5,7-8H,1,3,6,9H2,2H3. The fourth-order valence-corrected chi connectivity index (χ4v) is 1.92. The van der Waals surface area contributed by atoms with E-state index in [1.165, 1.54) is 23.9 Å². The Bertz CT molecular complexity index is 370. The van der Waals surface area contributed by atoms with Gasteiger partial charge in [-0.2, -0.15) is 0 Å². The maximum Gasteiger partial charge on any atom is 0.143 e. The third kappa shape index (κ3) is 5.12. The normalized spacial score (nSPS) is 10.1. The van der Waals surface area contributed by atoms with E-state index in [9.17, 15) is 9.18 Å². The molecule has 16 heavy (non-hydrogen) atoms. The van der Waals surface area contributed by atoms with E-state index >= 15 is 0 Å². The Morgan fingerprint density at radius 2 is 1.94 bits per heavy atom. The minimum Gasteiger partial charge on any atom is -0.299 e. The van der Waals surface area contributed by atoms with Gasteiger partial charge in [-0.3, -0.25) is 4.79 Å². The summed E-state index contributed by atoms with van der Waals surface area (Å²) in [5, 5.41) is 0. The largest absolute Gasteiger partial charge is 0.299 e. The first-order valence-corrected chi connectivity index (χ1v) is 6.11. The molecule has 0 aromatic heterocycles. The van der Waals surface area contributed by atoms with Crippen molar-refractivity contribution in [3.63, 3.8) is 0 Å². The molecule has 0 N–H and O–H groups in total. The monoisotopic (exact) mass is 238 g/mol. The Labute approximate surface area is 99.7 Å². The average molecular weight is 238 g/mol. The van der Waals surface area contributed by atoms with Crippen molar-refractivity contribution in [1.82, 2.24) is 0 Å². The quantitative estimate of drug-likeness (QED) is 0.553. The summed E-state index contributed by atoms with van der Waals surface area (Å²) in [6.45, 7) is 5.67. The number of thioether (sulfide) groups is 1. The molecule has 0 amide bonds. The maximum absolute atomic E-state index is 12.6. The lowest BCUT2D eigenvalue weighted by Crippen LogP contribution is -2.01. The number of rotatable bonds is 6. The van der Waals surface area contributed by atoms with Gasteiger partial charge in [-0.1, -0.05) is 5.57 Å². The molecule has 0 radical (unpaired) electrons. The molecule has 0 fully saturated rings. The molecule has 1 aromatic carbocycles. The van der Waals surface area contributed by atoms with Crippen LogP contribution in [0, 0.1) is 5.82 Å². The predicted molar refractivity (Wildman–Crippen MR) is 66.2 cm³/mol. The van der Waals surface area contributed by atoms with Gasteiger partial charge in [0.2, 0.25) is 0 Å². The summed E-state index contributed by atoms with van der Waals surface area (Å²) in [7, 11) is 0. The van der Waals surface area contributed by atoms with Crippen LogP contribution in [0.15, 0.2) is 41.3 Å². The molecule has 0 aliphatic heterocycles. The highest BCUT2D eigenvalue weighted by atomic mass is 32.2. The zero-order valence-corrected chi connectivity index (χ0v) is 10.1. The van der Waals surface area contributed by atoms with E-state index in [4.69, 9.17) is 0 Å². The van der Waals surface area contributed by atoms with E-state index in [2.05, 4.69) is 6.58 Å². The van der Waals surface area contributed by atoms with Gasteiger partial charge in [-0.15, -0.1) is 18.3 Å². The third-order valence-corrected chi connectivity index (χ3v) is 3.12. The fourth-order valence-electron chi connectivity index (χ4n) is 1.12. The lowest BCUT2D eigenvalue weighted by molar-refractivity contribution is -0.116. The highest BCUT2D eigenvalue weighted by Crippen LogP contribution is 2.18. The van der Waals surface area contributed by atoms with Crippen LogP contribution in [0.25, 0.3) is 0 Å². The Kier molecular flexibility index (Phi) is 5.26. The van der Waals surface area contributed by atoms with Crippen LogP contribution in [0.1, 0.15) is 19.8 Å². The van der Waals surface area contributed by atoms with Gasteiger partial charge < -0.3 is 0 Å². The average Bonchev–Trinajstić information content (AvgIpc) is 2.25. The molecule has 0 aliphatic carbocycles. The molecule has 0 aliphatic rings. The molecule has 0 saturated heterocycles. The summed E-state index contributed by atoms with van der Waals surface area (Å²) in [4.78, 5) is 12.4. The second-order valence-electron chi connectivity index (χ2n) is 3.74. The molecular weight excluding hydrogens is 223 g/mol. The lowest BCUT2D eigenvalue weighted by Gasteiger charge is -2.01. The first kappa shape index (κ1) is 13.0. The Hall–Kier alpha value is -1.09. The summed E-state index contributed by atoms with van der Waals surface area (Å²) < 4.78 is 12.6. The van der Waals surface area contributed by atoms with Crippen LogP contribution in [0.2, 0.25) is 0 Å². The first-order chi connectivity index (χ1) is 7.58. The third-order valence-electron chi connectivity index (χ3n) is 2.04. The van der Waals surface area contributed by atoms with E-state index in [-0.39, 0.29) is 11.6 Å². The van der Waals surface area contributed by atoms with Crippen LogP contribution < -0.4 is 0 Å². The molecule has 0 heterocycles. The van der Waals surface area contributed by atoms with Crippen molar-refractivity contribution in [1.29, 1.82) is 0 Å². The molecule has 1 aromatic rings. The number of ketones is 1. The van der Waals surface area contributed by atoms with E-state index in [0.29, 0.717) is 12.2 Å². The van der Waals surface area contributed by atoms with Crippen LogP contribution in [0.3, 0.4) is 0 Å². The summed E-state index contributed by atoms with van der Waals surface area (Å²) in [6, 6.07) is 6.18. The van der Waals surface area contributed by atoms with Gasteiger partial charge in [0.1, 0.15) is 11.6 Å². The van der Waals surface area contributed by atoms with Gasteiger partial charge >= 0.3 is 0 Å². The zero-order chi connectivity index (χ0) is 12.0. The van der Waals surface area contributed by atoms with Crippen molar-refractivity contribution in [2.75, 3.05) is 5.75 Å². The Morgan fingerprint density at radius 1 is 1.31 bits per heavy atom. The van der Waals surface area contributed by atoms with E-state index in [0.717, 1.165) is 16.9 Å². The van der Waals surface area contributed by atoms with Crippen molar-refractivity contribution >= 4 is 17.5 Å². The molecule has 86 valence electrons. The maximum atomic E-state index is 12.6. The van der Waals surface area contributed by atoms with Crippen LogP contribution in [-0.4, -0.2) is 11.5 Å². The van der Waals surface area contributed by atoms with Crippen molar-refractivity contribution in [3.8, 4) is 0 Å². The van der Waals surface area contributed by atoms with Gasteiger partial charge in [0.05, 0.1) is 5.75 Å². The number of hydrogen-bond donors (Lipinski definition) is 0. The molecule has 0 spiro atoms. The zero-order valence-electron chi connectivity index (χ0n) is 9.33. The van der Waals surface area contributed by atoms with Crippen LogP contribution in [-0.2, 0) is 4.79 Å². The molecule has 1 nitrogen and oxygen atoms in total. The molecule has 3 heteroatoms. The van der Waals surface area contributed by atoms with E-state index in [1.807, 2.05) is 6.92 Å². The molecular formula is C13H15FOS. The summed E-state index contributed by atoms with van der Waals surface area (Å²) >= 11 is 1.44. The number of carbonyl (C=O) groups is 1. The molecule has 0 bridgehead atoms. The summed E-state index contributed by atoms with van der Waals surface area (Å²) in [5.74, 6) is 0.397. The number of allylic oxidation sites excluding steroid dienone is 1. The van der Waals surface area contributed by atoms with Crippen molar-refractivity contribution in [2.45, 2.75) is 24.7 Å². The molecule has 0 saturated carbocycles. The molecule has 0 unspecified atom stereocenters. The van der Waals surface area contributed by atoms with Crippen molar-refractivity contribution < 1.29 is 9.18 Å². The van der Waals surface area contributed by atoms with Crippen LogP contribution >= 0.6 is 11.8 Å². The molecule has 0 atom stereocenters. The second-order valence-corrected chi connectivity index (χ2v) is 4.79. The van der Waals surface area contributed by atoms with Gasteiger partial charge in [-0.05, 0) is 37.6 Å². The van der Waals surface area contributed by atoms with Gasteiger partial charge in [0.15, 0.2) is 0 Å². The van der Waals surface area contributed by atoms with Crippen LogP contribution in [0.5, 0.6) is 0 Å². The SMILES string of the molecule is C=C(C)CCC(=O)CSc1ccc(F)cc1. The van der Waals surface area contributed by atoms with E-state index in [1.54, 1.807) is 12.1 Å². The number of hydrogen-bond acceptors (Lipinski definition) is 2. The Balaban J connectivity index is 2.31. The minimum atomic E-state index is -0.252. The number of benzene rings is 1. The number of halogens is 1. The van der Waals surface area contributed by atoms with Crippen LogP contribution in [0.4, 0.5) is 4.39 Å². The van der Waals surface area contributed by atoms with Gasteiger partial charge in [0, 0.05) is 11.3 Å². The molecule has 1 rings (SSSR count). The lowest BCUT2D eigenvalue weighted by atomic mass is 10.1. The topological polar surface area (TPSA) is 17.1 Å². The number of Topliss-reactive ketones (excluding diaryl/α,β-unsaturated/α-hetero) is 1. The fraction of sp³-hybridized carbons (Fsp3) is 0.308. The van der Waals surface area contributed by atoms with E-state index < -0.39 is 0 Å². The summed E-state index contributed by atoms with van der Waals surface area (Å²) in [5.41, 5.74) is 1.03. The number of carbonyl (C=O) groups excluding carboxylic acids is 1. The second kappa shape index (κ2) is 6.48. The predicted octanol–water partition coefficient (Wildman–Crippen LogP) is 3.84. The van der Waals surface area contributed by atoms with Gasteiger partial charge in [0.25, 0.3) is 0 Å². The minimum absolute atomic E-state index is 0.206. The van der Waals surface area contributed by atoms with Gasteiger partial charge in [-0.25, -0.2) is 4.39 Å². The Morgan fingerprint density at radius 3 is 2.50 bits per heavy atom.